The summed E-state index contributed by atoms with van der Waals surface area (Å²) >= 11 is 0. The van der Waals surface area contributed by atoms with Crippen LogP contribution in [0.15, 0.2) is 66.0 Å². The van der Waals surface area contributed by atoms with E-state index in [1.165, 1.54) is 13.0 Å². The highest BCUT2D eigenvalue weighted by molar-refractivity contribution is 6.21. The Bertz CT molecular complexity index is 829. The van der Waals surface area contributed by atoms with E-state index in [0.29, 0.717) is 6.42 Å². The Morgan fingerprint density at radius 3 is 2.38 bits per heavy atom. The van der Waals surface area contributed by atoms with E-state index < -0.39 is 22.7 Å². The van der Waals surface area contributed by atoms with Crippen LogP contribution in [0, 0.1) is 11.3 Å². The molecule has 3 aliphatic rings. The van der Waals surface area contributed by atoms with Gasteiger partial charge in [0.1, 0.15) is 11.4 Å². The number of carbonyl (C=O) groups is 2. The fourth-order valence-electron chi connectivity index (χ4n) is 4.44. The molecule has 0 heterocycles. The zero-order valence-electron chi connectivity index (χ0n) is 15.3. The number of carbonyl (C=O) groups excluding carboxylic acids is 2. The van der Waals surface area contributed by atoms with Gasteiger partial charge in [0.15, 0.2) is 11.6 Å². The summed E-state index contributed by atoms with van der Waals surface area (Å²) in [5.41, 5.74) is -2.01. The van der Waals surface area contributed by atoms with Gasteiger partial charge < -0.3 is 10.2 Å². The third-order valence-corrected chi connectivity index (χ3v) is 5.88. The molecule has 4 heteroatoms. The number of aliphatic hydroxyl groups is 2. The maximum absolute atomic E-state index is 13.3. The highest BCUT2D eigenvalue weighted by atomic mass is 16.3. The minimum absolute atomic E-state index is 0.157. The summed E-state index contributed by atoms with van der Waals surface area (Å²) in [6.45, 7) is 4.90. The number of aliphatic hydroxyl groups excluding tert-OH is 1. The van der Waals surface area contributed by atoms with Crippen LogP contribution in [0.3, 0.4) is 0 Å². The molecule has 26 heavy (non-hydrogen) atoms. The lowest BCUT2D eigenvalue weighted by atomic mass is 9.46. The van der Waals surface area contributed by atoms with Gasteiger partial charge in [-0.3, -0.25) is 9.59 Å². The molecule has 3 fully saturated rings. The van der Waals surface area contributed by atoms with E-state index in [1.54, 1.807) is 25.2 Å². The number of ketones is 2. The molecule has 4 rings (SSSR count). The van der Waals surface area contributed by atoms with E-state index >= 15 is 0 Å². The maximum atomic E-state index is 13.3. The number of allylic oxidation sites excluding steroid dienone is 4. The predicted molar refractivity (Wildman–Crippen MR) is 99.6 cm³/mol. The fraction of sp³-hybridized carbons (Fsp3) is 0.364. The lowest BCUT2D eigenvalue weighted by molar-refractivity contribution is -0.170. The molecule has 0 amide bonds. The van der Waals surface area contributed by atoms with Gasteiger partial charge in [-0.2, -0.15) is 0 Å². The molecular formula is C22H24O4. The first-order chi connectivity index (χ1) is 12.3. The first-order valence-corrected chi connectivity index (χ1v) is 8.85. The van der Waals surface area contributed by atoms with E-state index in [1.807, 2.05) is 37.3 Å². The van der Waals surface area contributed by atoms with Gasteiger partial charge in [0.25, 0.3) is 0 Å². The van der Waals surface area contributed by atoms with Crippen molar-refractivity contribution in [2.24, 2.45) is 11.3 Å². The van der Waals surface area contributed by atoms with Crippen molar-refractivity contribution in [1.82, 2.24) is 0 Å². The Hall–Kier alpha value is -2.46. The van der Waals surface area contributed by atoms with Crippen LogP contribution in [-0.2, 0) is 9.59 Å². The van der Waals surface area contributed by atoms with Crippen LogP contribution in [0.5, 0.6) is 0 Å². The normalized spacial score (nSPS) is 36.3. The predicted octanol–water partition coefficient (Wildman–Crippen LogP) is 3.64. The van der Waals surface area contributed by atoms with Crippen LogP contribution in [0.2, 0.25) is 0 Å². The van der Waals surface area contributed by atoms with E-state index in [9.17, 15) is 19.8 Å². The van der Waals surface area contributed by atoms with Crippen molar-refractivity contribution >= 4 is 11.6 Å². The van der Waals surface area contributed by atoms with Crippen LogP contribution in [0.25, 0.3) is 0 Å². The molecule has 0 aromatic heterocycles. The van der Waals surface area contributed by atoms with E-state index in [4.69, 9.17) is 0 Å². The highest BCUT2D eigenvalue weighted by Gasteiger charge is 2.68. The van der Waals surface area contributed by atoms with Crippen molar-refractivity contribution in [3.05, 3.63) is 71.5 Å². The minimum Gasteiger partial charge on any atom is -0.508 e. The molecule has 1 aromatic carbocycles. The maximum Gasteiger partial charge on any atom is 0.178 e. The second kappa shape index (κ2) is 6.36. The molecular weight excluding hydrogens is 328 g/mol. The van der Waals surface area contributed by atoms with Gasteiger partial charge in [0.05, 0.1) is 5.41 Å². The second-order valence-corrected chi connectivity index (χ2v) is 7.44. The SMILES string of the molecule is CC=C/C=C\C(O)=C1/C(=O)[C@]2(C)C(=O)[C@](C)(O)[C@H]1C[C@H]2c1ccccc1. The zero-order valence-corrected chi connectivity index (χ0v) is 15.3. The first kappa shape index (κ1) is 18.3. The summed E-state index contributed by atoms with van der Waals surface area (Å²) in [6, 6.07) is 9.45. The first-order valence-electron chi connectivity index (χ1n) is 8.85. The summed E-state index contributed by atoms with van der Waals surface area (Å²) in [7, 11) is 0. The van der Waals surface area contributed by atoms with Crippen LogP contribution in [0.1, 0.15) is 38.7 Å². The molecule has 0 radical (unpaired) electrons. The molecule has 0 spiro atoms. The highest BCUT2D eigenvalue weighted by Crippen LogP contribution is 2.59. The zero-order chi connectivity index (χ0) is 19.1. The van der Waals surface area contributed by atoms with Crippen LogP contribution in [-0.4, -0.2) is 27.4 Å². The fourth-order valence-corrected chi connectivity index (χ4v) is 4.44. The Balaban J connectivity index is 2.16. The molecule has 0 aliphatic heterocycles. The standard InChI is InChI=1S/C22H24O4/c1-4-5-7-12-17(23)18-16-13-15(14-10-8-6-9-11-14)21(2,19(18)24)20(25)22(16,3)26/h4-12,15-16,23,26H,13H2,1-3H3/b5-4?,12-7-,18-17+/t15-,16-,21+,22+/m0/s1. The van der Waals surface area contributed by atoms with Crippen molar-refractivity contribution in [2.45, 2.75) is 38.7 Å². The summed E-state index contributed by atoms with van der Waals surface area (Å²) in [4.78, 5) is 26.3. The number of fused-ring (bicyclic) bond motifs is 3. The number of benzene rings is 1. The van der Waals surface area contributed by atoms with Gasteiger partial charge in [0.2, 0.25) is 0 Å². The number of rotatable bonds is 3. The smallest absolute Gasteiger partial charge is 0.178 e. The van der Waals surface area contributed by atoms with Crippen molar-refractivity contribution < 1.29 is 19.8 Å². The Morgan fingerprint density at radius 1 is 1.12 bits per heavy atom. The Labute approximate surface area is 153 Å². The molecule has 4 nitrogen and oxygen atoms in total. The van der Waals surface area contributed by atoms with Gasteiger partial charge in [-0.15, -0.1) is 0 Å². The monoisotopic (exact) mass is 352 g/mol. The van der Waals surface area contributed by atoms with Gasteiger partial charge in [-0.1, -0.05) is 48.6 Å². The van der Waals surface area contributed by atoms with Crippen LogP contribution in [0.4, 0.5) is 0 Å². The summed E-state index contributed by atoms with van der Waals surface area (Å²) < 4.78 is 0. The van der Waals surface area contributed by atoms with Crippen molar-refractivity contribution in [3.63, 3.8) is 0 Å². The van der Waals surface area contributed by atoms with Gasteiger partial charge >= 0.3 is 0 Å². The third kappa shape index (κ3) is 2.48. The van der Waals surface area contributed by atoms with Crippen molar-refractivity contribution in [1.29, 1.82) is 0 Å². The molecule has 136 valence electrons. The summed E-state index contributed by atoms with van der Waals surface area (Å²) in [5.74, 6) is -2.07. The molecule has 0 unspecified atom stereocenters. The number of hydrogen-bond acceptors (Lipinski definition) is 4. The van der Waals surface area contributed by atoms with Crippen molar-refractivity contribution in [3.8, 4) is 0 Å². The largest absolute Gasteiger partial charge is 0.508 e. The second-order valence-electron chi connectivity index (χ2n) is 7.44. The average Bonchev–Trinajstić information content (AvgIpc) is 2.62. The van der Waals surface area contributed by atoms with Crippen molar-refractivity contribution in [2.75, 3.05) is 0 Å². The third-order valence-electron chi connectivity index (χ3n) is 5.88. The Morgan fingerprint density at radius 2 is 1.77 bits per heavy atom. The van der Waals surface area contributed by atoms with E-state index in [2.05, 4.69) is 0 Å². The van der Waals surface area contributed by atoms with Crippen LogP contribution >= 0.6 is 0 Å². The average molecular weight is 352 g/mol. The number of Topliss-reactive ketones (excluding diaryl/α,β-unsaturated/α-hetero) is 2. The van der Waals surface area contributed by atoms with Gasteiger partial charge in [-0.25, -0.2) is 0 Å². The lowest BCUT2D eigenvalue weighted by Crippen LogP contribution is -2.66. The van der Waals surface area contributed by atoms with E-state index in [0.717, 1.165) is 5.56 Å². The molecule has 2 N–H and O–H groups in total. The quantitative estimate of drug-likeness (QED) is 0.377. The molecule has 0 saturated heterocycles. The topological polar surface area (TPSA) is 74.6 Å². The summed E-state index contributed by atoms with van der Waals surface area (Å²) in [5, 5.41) is 21.4. The molecule has 3 saturated carbocycles. The molecule has 1 aromatic rings. The Kier molecular flexibility index (Phi) is 4.49. The number of hydrogen-bond donors (Lipinski definition) is 2. The van der Waals surface area contributed by atoms with Crippen LogP contribution < -0.4 is 0 Å². The lowest BCUT2D eigenvalue weighted by Gasteiger charge is -2.55. The minimum atomic E-state index is -1.67. The molecule has 3 aliphatic carbocycles. The molecule has 4 atom stereocenters. The van der Waals surface area contributed by atoms with Gasteiger partial charge in [0, 0.05) is 17.4 Å². The van der Waals surface area contributed by atoms with Gasteiger partial charge in [-0.05, 0) is 38.8 Å². The molecule has 2 bridgehead atoms. The van der Waals surface area contributed by atoms with E-state index in [-0.39, 0.29) is 23.0 Å². The summed E-state index contributed by atoms with van der Waals surface area (Å²) in [6.07, 6.45) is 7.04.